The molecule has 2 N–H and O–H groups in total. The average molecular weight is 258 g/mol. The second-order valence-electron chi connectivity index (χ2n) is 5.51. The van der Waals surface area contributed by atoms with E-state index < -0.39 is 0 Å². The molecule has 1 aliphatic heterocycles. The Kier molecular flexibility index (Phi) is 3.42. The highest BCUT2D eigenvalue weighted by Crippen LogP contribution is 2.23. The van der Waals surface area contributed by atoms with Crippen molar-refractivity contribution >= 4 is 16.6 Å². The van der Waals surface area contributed by atoms with Gasteiger partial charge in [0.15, 0.2) is 0 Å². The number of hydrogen-bond acceptors (Lipinski definition) is 3. The molecule has 0 spiro atoms. The first-order valence-electron chi connectivity index (χ1n) is 7.20. The predicted octanol–water partition coefficient (Wildman–Crippen LogP) is 2.35. The van der Waals surface area contributed by atoms with Gasteiger partial charge in [0.05, 0.1) is 11.7 Å². The fourth-order valence-electron chi connectivity index (χ4n) is 3.10. The van der Waals surface area contributed by atoms with Crippen molar-refractivity contribution < 1.29 is 0 Å². The zero-order valence-electron chi connectivity index (χ0n) is 11.5. The molecule has 2 aromatic rings. The summed E-state index contributed by atoms with van der Waals surface area (Å²) in [5.74, 6) is 0.707. The van der Waals surface area contributed by atoms with Crippen LogP contribution in [0.2, 0.25) is 0 Å². The molecular weight excluding hydrogens is 236 g/mol. The van der Waals surface area contributed by atoms with E-state index in [1.54, 1.807) is 0 Å². The Hall–Kier alpha value is -1.55. The molecule has 0 radical (unpaired) electrons. The molecule has 1 fully saturated rings. The van der Waals surface area contributed by atoms with Crippen molar-refractivity contribution in [3.8, 4) is 0 Å². The zero-order chi connectivity index (χ0) is 13.2. The lowest BCUT2D eigenvalue weighted by Gasteiger charge is -2.31. The predicted molar refractivity (Wildman–Crippen MR) is 79.0 cm³/mol. The van der Waals surface area contributed by atoms with Gasteiger partial charge in [0, 0.05) is 24.2 Å². The maximum absolute atomic E-state index is 5.98. The van der Waals surface area contributed by atoms with Gasteiger partial charge in [0.2, 0.25) is 0 Å². The topological polar surface area (TPSA) is 47.1 Å². The van der Waals surface area contributed by atoms with Gasteiger partial charge >= 0.3 is 0 Å². The summed E-state index contributed by atoms with van der Waals surface area (Å²) in [5, 5.41) is 5.59. The fraction of sp³-hybridized carbons (Fsp3) is 0.533. The molecule has 1 aliphatic rings. The highest BCUT2D eigenvalue weighted by molar-refractivity contribution is 5.90. The van der Waals surface area contributed by atoms with Gasteiger partial charge < -0.3 is 10.6 Å². The summed E-state index contributed by atoms with van der Waals surface area (Å²) in [7, 11) is 0. The van der Waals surface area contributed by atoms with Gasteiger partial charge in [-0.1, -0.05) is 13.0 Å². The molecule has 3 rings (SSSR count). The molecule has 19 heavy (non-hydrogen) atoms. The SMILES string of the molecule is CCN1CCCC(Cn2ncc3c(N)cccc32)C1. The summed E-state index contributed by atoms with van der Waals surface area (Å²) >= 11 is 0. The van der Waals surface area contributed by atoms with Crippen LogP contribution < -0.4 is 5.73 Å². The van der Waals surface area contributed by atoms with Crippen LogP contribution in [0.1, 0.15) is 19.8 Å². The Balaban J connectivity index is 1.80. The zero-order valence-corrected chi connectivity index (χ0v) is 11.5. The van der Waals surface area contributed by atoms with Crippen LogP contribution in [0.25, 0.3) is 10.9 Å². The van der Waals surface area contributed by atoms with Crippen molar-refractivity contribution in [1.82, 2.24) is 14.7 Å². The van der Waals surface area contributed by atoms with Crippen molar-refractivity contribution in [3.63, 3.8) is 0 Å². The summed E-state index contributed by atoms with van der Waals surface area (Å²) in [6, 6.07) is 6.06. The molecule has 0 saturated carbocycles. The van der Waals surface area contributed by atoms with Gasteiger partial charge in [-0.3, -0.25) is 4.68 Å². The third-order valence-electron chi connectivity index (χ3n) is 4.20. The number of likely N-dealkylation sites (tertiary alicyclic amines) is 1. The number of piperidine rings is 1. The lowest BCUT2D eigenvalue weighted by atomic mass is 9.98. The van der Waals surface area contributed by atoms with Crippen LogP contribution in [0, 0.1) is 5.92 Å². The number of nitrogen functional groups attached to an aromatic ring is 1. The molecule has 1 saturated heterocycles. The first-order valence-corrected chi connectivity index (χ1v) is 7.20. The van der Waals surface area contributed by atoms with E-state index in [0.29, 0.717) is 5.92 Å². The minimum absolute atomic E-state index is 0.707. The Morgan fingerprint density at radius 3 is 3.16 bits per heavy atom. The highest BCUT2D eigenvalue weighted by Gasteiger charge is 2.20. The molecule has 0 bridgehead atoms. The number of nitrogens with two attached hydrogens (primary N) is 1. The minimum atomic E-state index is 0.707. The van der Waals surface area contributed by atoms with E-state index in [0.717, 1.165) is 29.7 Å². The first kappa shape index (κ1) is 12.5. The maximum Gasteiger partial charge on any atom is 0.0703 e. The van der Waals surface area contributed by atoms with Crippen LogP contribution in [-0.2, 0) is 6.54 Å². The van der Waals surface area contributed by atoms with E-state index in [4.69, 9.17) is 5.73 Å². The Morgan fingerprint density at radius 2 is 2.32 bits per heavy atom. The quantitative estimate of drug-likeness (QED) is 0.860. The molecule has 4 nitrogen and oxygen atoms in total. The number of benzene rings is 1. The lowest BCUT2D eigenvalue weighted by molar-refractivity contribution is 0.168. The molecular formula is C15H22N4. The number of hydrogen-bond donors (Lipinski definition) is 1. The van der Waals surface area contributed by atoms with Crippen LogP contribution >= 0.6 is 0 Å². The minimum Gasteiger partial charge on any atom is -0.398 e. The van der Waals surface area contributed by atoms with Gasteiger partial charge in [0.1, 0.15) is 0 Å². The lowest BCUT2D eigenvalue weighted by Crippen LogP contribution is -2.36. The summed E-state index contributed by atoms with van der Waals surface area (Å²) < 4.78 is 2.12. The number of aromatic nitrogens is 2. The molecule has 102 valence electrons. The third kappa shape index (κ3) is 2.45. The first-order chi connectivity index (χ1) is 9.28. The van der Waals surface area contributed by atoms with E-state index in [-0.39, 0.29) is 0 Å². The normalized spacial score (nSPS) is 21.0. The van der Waals surface area contributed by atoms with Gasteiger partial charge in [-0.15, -0.1) is 0 Å². The number of rotatable bonds is 3. The summed E-state index contributed by atoms with van der Waals surface area (Å²) in [5.41, 5.74) is 7.97. The van der Waals surface area contributed by atoms with Crippen LogP contribution in [0.3, 0.4) is 0 Å². The molecule has 1 aromatic carbocycles. The molecule has 1 aromatic heterocycles. The Bertz CT molecular complexity index is 560. The number of anilines is 1. The Labute approximate surface area is 114 Å². The average Bonchev–Trinajstić information content (AvgIpc) is 2.84. The summed E-state index contributed by atoms with van der Waals surface area (Å²) in [4.78, 5) is 2.54. The van der Waals surface area contributed by atoms with Crippen molar-refractivity contribution in [3.05, 3.63) is 24.4 Å². The summed E-state index contributed by atoms with van der Waals surface area (Å²) in [6.45, 7) is 6.85. The monoisotopic (exact) mass is 258 g/mol. The second kappa shape index (κ2) is 5.21. The summed E-state index contributed by atoms with van der Waals surface area (Å²) in [6.07, 6.45) is 4.51. The molecule has 0 amide bonds. The largest absolute Gasteiger partial charge is 0.398 e. The van der Waals surface area contributed by atoms with Crippen molar-refractivity contribution in [2.75, 3.05) is 25.4 Å². The van der Waals surface area contributed by atoms with E-state index in [9.17, 15) is 0 Å². The van der Waals surface area contributed by atoms with Gasteiger partial charge in [-0.25, -0.2) is 0 Å². The third-order valence-corrected chi connectivity index (χ3v) is 4.20. The Morgan fingerprint density at radius 1 is 1.42 bits per heavy atom. The molecule has 2 heterocycles. The van der Waals surface area contributed by atoms with E-state index >= 15 is 0 Å². The van der Waals surface area contributed by atoms with E-state index in [1.165, 1.54) is 25.9 Å². The standard InChI is InChI=1S/C15H22N4/c1-2-18-8-4-5-12(10-18)11-19-15-7-3-6-14(16)13(15)9-17-19/h3,6-7,9,12H,2,4-5,8,10-11,16H2,1H3. The highest BCUT2D eigenvalue weighted by atomic mass is 15.3. The van der Waals surface area contributed by atoms with Crippen LogP contribution in [0.4, 0.5) is 5.69 Å². The van der Waals surface area contributed by atoms with Crippen LogP contribution in [0.15, 0.2) is 24.4 Å². The molecule has 4 heteroatoms. The van der Waals surface area contributed by atoms with Crippen molar-refractivity contribution in [1.29, 1.82) is 0 Å². The molecule has 1 atom stereocenters. The molecule has 1 unspecified atom stereocenters. The molecule has 0 aliphatic carbocycles. The van der Waals surface area contributed by atoms with Gasteiger partial charge in [-0.05, 0) is 44.0 Å². The second-order valence-corrected chi connectivity index (χ2v) is 5.51. The van der Waals surface area contributed by atoms with Gasteiger partial charge in [-0.2, -0.15) is 5.10 Å². The van der Waals surface area contributed by atoms with Crippen LogP contribution in [-0.4, -0.2) is 34.3 Å². The number of nitrogens with zero attached hydrogens (tertiary/aromatic N) is 3. The fourth-order valence-corrected chi connectivity index (χ4v) is 3.10. The maximum atomic E-state index is 5.98. The smallest absolute Gasteiger partial charge is 0.0703 e. The van der Waals surface area contributed by atoms with Crippen molar-refractivity contribution in [2.24, 2.45) is 5.92 Å². The number of fused-ring (bicyclic) bond motifs is 1. The van der Waals surface area contributed by atoms with E-state index in [2.05, 4.69) is 27.7 Å². The van der Waals surface area contributed by atoms with E-state index in [1.807, 2.05) is 18.3 Å². The van der Waals surface area contributed by atoms with Crippen molar-refractivity contribution in [2.45, 2.75) is 26.3 Å². The van der Waals surface area contributed by atoms with Crippen LogP contribution in [0.5, 0.6) is 0 Å². The van der Waals surface area contributed by atoms with Gasteiger partial charge in [0.25, 0.3) is 0 Å².